The fourth-order valence-electron chi connectivity index (χ4n) is 4.07. The third-order valence-electron chi connectivity index (χ3n) is 5.15. The lowest BCUT2D eigenvalue weighted by atomic mass is 9.76. The fourth-order valence-corrected chi connectivity index (χ4v) is 4.07. The number of nitrogens with zero attached hydrogens (tertiary/aromatic N) is 3. The van der Waals surface area contributed by atoms with Gasteiger partial charge < -0.3 is 9.47 Å². The number of hydrogen-bond acceptors (Lipinski definition) is 5. The third-order valence-corrected chi connectivity index (χ3v) is 5.15. The zero-order valence-electron chi connectivity index (χ0n) is 12.4. The highest BCUT2D eigenvalue weighted by Crippen LogP contribution is 2.43. The molecule has 0 radical (unpaired) electrons. The van der Waals surface area contributed by atoms with Crippen molar-refractivity contribution in [1.29, 1.82) is 0 Å². The molecule has 1 aromatic heterocycles. The Balaban J connectivity index is 1.29. The van der Waals surface area contributed by atoms with Gasteiger partial charge in [-0.2, -0.15) is 0 Å². The quantitative estimate of drug-likeness (QED) is 0.839. The van der Waals surface area contributed by atoms with E-state index in [-0.39, 0.29) is 0 Å². The van der Waals surface area contributed by atoms with Gasteiger partial charge in [0.15, 0.2) is 0 Å². The van der Waals surface area contributed by atoms with E-state index in [1.807, 2.05) is 12.4 Å². The van der Waals surface area contributed by atoms with E-state index in [1.165, 1.54) is 37.9 Å². The topological polar surface area (TPSA) is 47.5 Å². The Morgan fingerprint density at radius 2 is 1.95 bits per heavy atom. The highest BCUT2D eigenvalue weighted by Gasteiger charge is 2.50. The van der Waals surface area contributed by atoms with E-state index in [2.05, 4.69) is 14.9 Å². The molecular formula is C16H23N3O2. The number of rotatable bonds is 3. The van der Waals surface area contributed by atoms with Gasteiger partial charge in [-0.05, 0) is 24.8 Å². The van der Waals surface area contributed by atoms with Crippen molar-refractivity contribution >= 4 is 0 Å². The lowest BCUT2D eigenvalue weighted by Gasteiger charge is -2.51. The second-order valence-corrected chi connectivity index (χ2v) is 6.84. The zero-order valence-corrected chi connectivity index (χ0v) is 12.4. The molecule has 3 aliphatic heterocycles. The molecule has 3 saturated heterocycles. The highest BCUT2D eigenvalue weighted by atomic mass is 16.5. The largest absolute Gasteiger partial charge is 0.381 e. The van der Waals surface area contributed by atoms with E-state index < -0.39 is 0 Å². The maximum atomic E-state index is 6.04. The van der Waals surface area contributed by atoms with Gasteiger partial charge in [0.05, 0.1) is 12.7 Å². The molecule has 1 aromatic rings. The zero-order chi connectivity index (χ0) is 14.1. The third kappa shape index (κ3) is 2.82. The summed E-state index contributed by atoms with van der Waals surface area (Å²) < 4.78 is 11.5. The summed E-state index contributed by atoms with van der Waals surface area (Å²) in [5.74, 6) is 0. The molecule has 4 rings (SSSR count). The standard InChI is InChI=1S/C16H23N3O2/c1-3-20-4-2-14(1)19-9-16(10-19)6-15(21-11-16)5-13-7-17-12-18-8-13/h7-8,12,14-15H,1-6,9-11H2. The number of hydrogen-bond donors (Lipinski definition) is 0. The Bertz CT molecular complexity index is 470. The van der Waals surface area contributed by atoms with Gasteiger partial charge in [-0.1, -0.05) is 0 Å². The van der Waals surface area contributed by atoms with Gasteiger partial charge in [-0.15, -0.1) is 0 Å². The first kappa shape index (κ1) is 13.6. The van der Waals surface area contributed by atoms with Gasteiger partial charge in [0, 0.05) is 56.6 Å². The molecule has 1 atom stereocenters. The van der Waals surface area contributed by atoms with E-state index >= 15 is 0 Å². The molecule has 3 aliphatic rings. The second kappa shape index (κ2) is 5.63. The Labute approximate surface area is 125 Å². The van der Waals surface area contributed by atoms with Crippen molar-refractivity contribution in [2.45, 2.75) is 37.8 Å². The second-order valence-electron chi connectivity index (χ2n) is 6.84. The van der Waals surface area contributed by atoms with Gasteiger partial charge in [0.1, 0.15) is 6.33 Å². The molecule has 5 heteroatoms. The minimum Gasteiger partial charge on any atom is -0.381 e. The van der Waals surface area contributed by atoms with Gasteiger partial charge >= 0.3 is 0 Å². The molecule has 1 unspecified atom stereocenters. The molecule has 5 nitrogen and oxygen atoms in total. The lowest BCUT2D eigenvalue weighted by Crippen LogP contribution is -2.61. The van der Waals surface area contributed by atoms with Gasteiger partial charge in [-0.3, -0.25) is 4.90 Å². The summed E-state index contributed by atoms with van der Waals surface area (Å²) in [7, 11) is 0. The van der Waals surface area contributed by atoms with Crippen molar-refractivity contribution in [3.63, 3.8) is 0 Å². The Kier molecular flexibility index (Phi) is 3.65. The molecule has 3 fully saturated rings. The summed E-state index contributed by atoms with van der Waals surface area (Å²) in [5, 5.41) is 0. The first-order valence-corrected chi connectivity index (χ1v) is 8.00. The molecule has 0 aromatic carbocycles. The van der Waals surface area contributed by atoms with Gasteiger partial charge in [-0.25, -0.2) is 9.97 Å². The first-order valence-electron chi connectivity index (χ1n) is 8.00. The van der Waals surface area contributed by atoms with E-state index in [1.54, 1.807) is 6.33 Å². The lowest BCUT2D eigenvalue weighted by molar-refractivity contribution is -0.0664. The van der Waals surface area contributed by atoms with Crippen molar-refractivity contribution in [1.82, 2.24) is 14.9 Å². The summed E-state index contributed by atoms with van der Waals surface area (Å²) in [6.45, 7) is 5.20. The van der Waals surface area contributed by atoms with Crippen LogP contribution in [0.25, 0.3) is 0 Å². The van der Waals surface area contributed by atoms with E-state index in [9.17, 15) is 0 Å². The summed E-state index contributed by atoms with van der Waals surface area (Å²) >= 11 is 0. The molecule has 0 aliphatic carbocycles. The average Bonchev–Trinajstić information content (AvgIpc) is 2.92. The molecule has 114 valence electrons. The van der Waals surface area contributed by atoms with Crippen LogP contribution in [0.5, 0.6) is 0 Å². The Hall–Kier alpha value is -1.04. The van der Waals surface area contributed by atoms with Crippen LogP contribution in [0.4, 0.5) is 0 Å². The fraction of sp³-hybridized carbons (Fsp3) is 0.750. The monoisotopic (exact) mass is 289 g/mol. The SMILES string of the molecule is c1ncc(CC2CC3(CO2)CN(C2CCOCC2)C3)cn1. The van der Waals surface area contributed by atoms with Gasteiger partial charge in [0.25, 0.3) is 0 Å². The van der Waals surface area contributed by atoms with E-state index in [0.29, 0.717) is 11.5 Å². The minimum atomic E-state index is 0.341. The van der Waals surface area contributed by atoms with E-state index in [4.69, 9.17) is 9.47 Å². The number of likely N-dealkylation sites (tertiary alicyclic amines) is 1. The number of aromatic nitrogens is 2. The Morgan fingerprint density at radius 3 is 2.71 bits per heavy atom. The predicted molar refractivity (Wildman–Crippen MR) is 77.9 cm³/mol. The molecule has 0 bridgehead atoms. The van der Waals surface area contributed by atoms with Crippen LogP contribution in [-0.4, -0.2) is 59.9 Å². The maximum Gasteiger partial charge on any atom is 0.115 e. The first-order chi connectivity index (χ1) is 10.3. The molecule has 0 amide bonds. The van der Waals surface area contributed by atoms with E-state index in [0.717, 1.165) is 32.3 Å². The van der Waals surface area contributed by atoms with Gasteiger partial charge in [0.2, 0.25) is 0 Å². The normalized spacial score (nSPS) is 29.6. The van der Waals surface area contributed by atoms with Crippen molar-refractivity contribution in [3.8, 4) is 0 Å². The number of ether oxygens (including phenoxy) is 2. The maximum absolute atomic E-state index is 6.04. The van der Waals surface area contributed by atoms with Crippen LogP contribution in [0, 0.1) is 5.41 Å². The molecule has 1 spiro atoms. The van der Waals surface area contributed by atoms with Crippen LogP contribution in [0.15, 0.2) is 18.7 Å². The van der Waals surface area contributed by atoms with Crippen molar-refractivity contribution < 1.29 is 9.47 Å². The van der Waals surface area contributed by atoms with Crippen LogP contribution < -0.4 is 0 Å². The van der Waals surface area contributed by atoms with Crippen LogP contribution in [0.2, 0.25) is 0 Å². The molecular weight excluding hydrogens is 266 g/mol. The predicted octanol–water partition coefficient (Wildman–Crippen LogP) is 1.29. The summed E-state index contributed by atoms with van der Waals surface area (Å²) in [4.78, 5) is 10.8. The van der Waals surface area contributed by atoms with Crippen molar-refractivity contribution in [2.24, 2.45) is 5.41 Å². The molecule has 21 heavy (non-hydrogen) atoms. The molecule has 0 saturated carbocycles. The molecule has 0 N–H and O–H groups in total. The minimum absolute atomic E-state index is 0.341. The van der Waals surface area contributed by atoms with Crippen LogP contribution in [-0.2, 0) is 15.9 Å². The van der Waals surface area contributed by atoms with Crippen LogP contribution in [0.3, 0.4) is 0 Å². The van der Waals surface area contributed by atoms with Crippen molar-refractivity contribution in [2.75, 3.05) is 32.9 Å². The Morgan fingerprint density at radius 1 is 1.19 bits per heavy atom. The summed E-state index contributed by atoms with van der Waals surface area (Å²) in [6.07, 6.45) is 10.2. The van der Waals surface area contributed by atoms with Crippen molar-refractivity contribution in [3.05, 3.63) is 24.3 Å². The average molecular weight is 289 g/mol. The summed E-state index contributed by atoms with van der Waals surface area (Å²) in [6, 6.07) is 0.742. The van der Waals surface area contributed by atoms with Crippen LogP contribution in [0.1, 0.15) is 24.8 Å². The highest BCUT2D eigenvalue weighted by molar-refractivity contribution is 5.08. The van der Waals surface area contributed by atoms with Crippen LogP contribution >= 0.6 is 0 Å². The molecule has 4 heterocycles. The summed E-state index contributed by atoms with van der Waals surface area (Å²) in [5.41, 5.74) is 1.60. The smallest absolute Gasteiger partial charge is 0.115 e.